The molecule has 0 aliphatic carbocycles. The molecular weight excluding hydrogens is 330 g/mol. The van der Waals surface area contributed by atoms with Gasteiger partial charge in [0, 0.05) is 24.3 Å². The molecule has 130 valence electrons. The smallest absolute Gasteiger partial charge is 0.267 e. The highest BCUT2D eigenvalue weighted by atomic mass is 32.2. The summed E-state index contributed by atoms with van der Waals surface area (Å²) in [6.07, 6.45) is 0. The monoisotopic (exact) mass is 351 g/mol. The van der Waals surface area contributed by atoms with E-state index in [2.05, 4.69) is 9.88 Å². The molecule has 0 saturated carbocycles. The van der Waals surface area contributed by atoms with Crippen LogP contribution in [-0.4, -0.2) is 37.5 Å². The second-order valence-electron chi connectivity index (χ2n) is 5.31. The average molecular weight is 351 g/mol. The summed E-state index contributed by atoms with van der Waals surface area (Å²) in [7, 11) is -3.79. The Labute approximate surface area is 141 Å². The first-order valence-corrected chi connectivity index (χ1v) is 9.13. The van der Waals surface area contributed by atoms with Crippen LogP contribution in [0.1, 0.15) is 35.7 Å². The Bertz CT molecular complexity index is 802. The molecule has 0 saturated heterocycles. The molecule has 0 aliphatic rings. The van der Waals surface area contributed by atoms with Crippen LogP contribution >= 0.6 is 0 Å². The van der Waals surface area contributed by atoms with Gasteiger partial charge in [0.1, 0.15) is 5.69 Å². The first-order valence-electron chi connectivity index (χ1n) is 7.65. The molecule has 1 N–H and O–H groups in total. The van der Waals surface area contributed by atoms with E-state index >= 15 is 0 Å². The van der Waals surface area contributed by atoms with Crippen molar-refractivity contribution in [1.29, 1.82) is 0 Å². The average Bonchev–Trinajstić information content (AvgIpc) is 2.88. The van der Waals surface area contributed by atoms with Crippen molar-refractivity contribution in [2.75, 3.05) is 17.8 Å². The first kappa shape index (κ1) is 18.0. The maximum atomic E-state index is 12.4. The number of anilines is 1. The Morgan fingerprint density at radius 3 is 2.21 bits per heavy atom. The van der Waals surface area contributed by atoms with Gasteiger partial charge in [0.2, 0.25) is 0 Å². The molecule has 8 heteroatoms. The van der Waals surface area contributed by atoms with E-state index in [1.54, 1.807) is 43.0 Å². The minimum absolute atomic E-state index is 0.0331. The Hall–Kier alpha value is -2.35. The van der Waals surface area contributed by atoms with Crippen LogP contribution in [0.25, 0.3) is 0 Å². The Kier molecular flexibility index (Phi) is 5.28. The van der Waals surface area contributed by atoms with E-state index in [1.807, 2.05) is 13.8 Å². The molecule has 1 heterocycles. The van der Waals surface area contributed by atoms with Crippen molar-refractivity contribution in [1.82, 2.24) is 10.1 Å². The van der Waals surface area contributed by atoms with Gasteiger partial charge < -0.3 is 9.42 Å². The second-order valence-corrected chi connectivity index (χ2v) is 6.93. The molecule has 2 rings (SSSR count). The maximum absolute atomic E-state index is 12.4. The molecule has 0 fully saturated rings. The zero-order chi connectivity index (χ0) is 17.9. The fourth-order valence-electron chi connectivity index (χ4n) is 2.44. The Morgan fingerprint density at radius 2 is 1.75 bits per heavy atom. The van der Waals surface area contributed by atoms with Crippen LogP contribution in [0.2, 0.25) is 0 Å². The summed E-state index contributed by atoms with van der Waals surface area (Å²) in [5.41, 5.74) is 1.18. The molecule has 0 aliphatic heterocycles. The van der Waals surface area contributed by atoms with Crippen molar-refractivity contribution in [3.8, 4) is 0 Å². The number of carbonyl (C=O) groups excluding carboxylic acids is 1. The Morgan fingerprint density at radius 1 is 1.17 bits per heavy atom. The predicted molar refractivity (Wildman–Crippen MR) is 90.5 cm³/mol. The minimum Gasteiger partial charge on any atom is -0.360 e. The van der Waals surface area contributed by atoms with Crippen LogP contribution in [0.3, 0.4) is 0 Å². The zero-order valence-corrected chi connectivity index (χ0v) is 15.0. The number of nitrogens with one attached hydrogen (secondary N) is 1. The molecule has 0 bridgehead atoms. The van der Waals surface area contributed by atoms with Crippen molar-refractivity contribution in [2.45, 2.75) is 32.6 Å². The number of aromatic nitrogens is 1. The van der Waals surface area contributed by atoms with Crippen LogP contribution in [0.15, 0.2) is 33.7 Å². The topological polar surface area (TPSA) is 92.5 Å². The van der Waals surface area contributed by atoms with Gasteiger partial charge >= 0.3 is 0 Å². The summed E-state index contributed by atoms with van der Waals surface area (Å²) in [4.78, 5) is 14.0. The van der Waals surface area contributed by atoms with Crippen molar-refractivity contribution in [3.05, 3.63) is 41.3 Å². The fraction of sp³-hybridized carbons (Fsp3) is 0.375. The number of hydrogen-bond donors (Lipinski definition) is 1. The van der Waals surface area contributed by atoms with Gasteiger partial charge in [0.25, 0.3) is 15.9 Å². The van der Waals surface area contributed by atoms with Crippen molar-refractivity contribution < 1.29 is 17.7 Å². The van der Waals surface area contributed by atoms with Gasteiger partial charge in [-0.2, -0.15) is 0 Å². The summed E-state index contributed by atoms with van der Waals surface area (Å²) < 4.78 is 32.3. The van der Waals surface area contributed by atoms with Crippen molar-refractivity contribution >= 4 is 21.6 Å². The largest absolute Gasteiger partial charge is 0.360 e. The lowest BCUT2D eigenvalue weighted by molar-refractivity contribution is 0.0773. The molecule has 0 spiro atoms. The molecular formula is C16H21N3O4S. The number of amides is 1. The lowest BCUT2D eigenvalue weighted by Gasteiger charge is -2.18. The summed E-state index contributed by atoms with van der Waals surface area (Å²) in [6, 6.07) is 6.33. The third kappa shape index (κ3) is 3.59. The number of nitrogens with zero attached hydrogens (tertiary/aromatic N) is 2. The molecule has 24 heavy (non-hydrogen) atoms. The van der Waals surface area contributed by atoms with Gasteiger partial charge in [0.05, 0.1) is 0 Å². The standard InChI is InChI=1S/C16H21N3O4S/c1-5-19(6-2)16(20)13-7-9-14(10-8-13)18-24(21,22)15-11(3)17-23-12(15)4/h7-10,18H,5-6H2,1-4H3. The number of sulfonamides is 1. The highest BCUT2D eigenvalue weighted by molar-refractivity contribution is 7.92. The van der Waals surface area contributed by atoms with Crippen LogP contribution < -0.4 is 4.72 Å². The normalized spacial score (nSPS) is 11.3. The number of hydrogen-bond acceptors (Lipinski definition) is 5. The number of carbonyl (C=O) groups is 1. The van der Waals surface area contributed by atoms with Crippen LogP contribution in [-0.2, 0) is 10.0 Å². The molecule has 1 amide bonds. The SMILES string of the molecule is CCN(CC)C(=O)c1ccc(NS(=O)(=O)c2c(C)noc2C)cc1. The van der Waals surface area contributed by atoms with Gasteiger partial charge in [-0.25, -0.2) is 8.42 Å². The first-order chi connectivity index (χ1) is 11.3. The fourth-order valence-corrected chi connectivity index (χ4v) is 3.83. The Balaban J connectivity index is 2.22. The second kappa shape index (κ2) is 7.04. The third-order valence-corrected chi connectivity index (χ3v) is 5.30. The highest BCUT2D eigenvalue weighted by Crippen LogP contribution is 2.22. The van der Waals surface area contributed by atoms with Crippen LogP contribution in [0, 0.1) is 13.8 Å². The van der Waals surface area contributed by atoms with E-state index in [-0.39, 0.29) is 16.6 Å². The van der Waals surface area contributed by atoms with E-state index in [9.17, 15) is 13.2 Å². The molecule has 2 aromatic rings. The summed E-state index contributed by atoms with van der Waals surface area (Å²) in [6.45, 7) is 8.17. The predicted octanol–water partition coefficient (Wildman–Crippen LogP) is 2.57. The van der Waals surface area contributed by atoms with Crippen LogP contribution in [0.4, 0.5) is 5.69 Å². The maximum Gasteiger partial charge on any atom is 0.267 e. The van der Waals surface area contributed by atoms with Gasteiger partial charge in [-0.05, 0) is 52.0 Å². The summed E-state index contributed by atoms with van der Waals surface area (Å²) in [5, 5.41) is 3.66. The molecule has 1 aromatic carbocycles. The van der Waals surface area contributed by atoms with E-state index in [4.69, 9.17) is 4.52 Å². The van der Waals surface area contributed by atoms with Crippen molar-refractivity contribution in [3.63, 3.8) is 0 Å². The minimum atomic E-state index is -3.79. The lowest BCUT2D eigenvalue weighted by atomic mass is 10.2. The van der Waals surface area contributed by atoms with E-state index in [0.717, 1.165) is 0 Å². The molecule has 0 radical (unpaired) electrons. The van der Waals surface area contributed by atoms with E-state index in [1.165, 1.54) is 0 Å². The quantitative estimate of drug-likeness (QED) is 0.863. The molecule has 7 nitrogen and oxygen atoms in total. The number of aryl methyl sites for hydroxylation is 2. The number of rotatable bonds is 6. The van der Waals surface area contributed by atoms with Gasteiger partial charge in [-0.15, -0.1) is 0 Å². The van der Waals surface area contributed by atoms with Gasteiger partial charge in [0.15, 0.2) is 10.7 Å². The molecule has 1 aromatic heterocycles. The summed E-state index contributed by atoms with van der Waals surface area (Å²) in [5.74, 6) is 0.147. The lowest BCUT2D eigenvalue weighted by Crippen LogP contribution is -2.30. The summed E-state index contributed by atoms with van der Waals surface area (Å²) >= 11 is 0. The van der Waals surface area contributed by atoms with Crippen molar-refractivity contribution in [2.24, 2.45) is 0 Å². The number of benzene rings is 1. The molecule has 0 atom stereocenters. The van der Waals surface area contributed by atoms with E-state index < -0.39 is 10.0 Å². The van der Waals surface area contributed by atoms with Gasteiger partial charge in [-0.1, -0.05) is 5.16 Å². The molecule has 0 unspecified atom stereocenters. The third-order valence-electron chi connectivity index (χ3n) is 3.67. The zero-order valence-electron chi connectivity index (χ0n) is 14.2. The van der Waals surface area contributed by atoms with Crippen LogP contribution in [0.5, 0.6) is 0 Å². The van der Waals surface area contributed by atoms with E-state index in [0.29, 0.717) is 30.0 Å². The van der Waals surface area contributed by atoms with Gasteiger partial charge in [-0.3, -0.25) is 9.52 Å². The highest BCUT2D eigenvalue weighted by Gasteiger charge is 2.24.